The molecule has 3 aromatic rings. The summed E-state index contributed by atoms with van der Waals surface area (Å²) in [5, 5.41) is 15.2. The lowest BCUT2D eigenvalue weighted by atomic mass is 9.89. The number of aliphatic imine (C=N–C) groups is 1. The van der Waals surface area contributed by atoms with E-state index < -0.39 is 69.7 Å². The summed E-state index contributed by atoms with van der Waals surface area (Å²) in [6.07, 6.45) is -2.88. The number of nitrogens with one attached hydrogen (secondary N) is 2. The highest BCUT2D eigenvalue weighted by Gasteiger charge is 2.56. The van der Waals surface area contributed by atoms with Crippen molar-refractivity contribution in [3.8, 4) is 16.9 Å². The van der Waals surface area contributed by atoms with E-state index in [9.17, 15) is 27.5 Å². The number of ether oxygens (including phenoxy) is 2. The first-order chi connectivity index (χ1) is 23.5. The minimum atomic E-state index is -5.66. The van der Waals surface area contributed by atoms with Crippen molar-refractivity contribution in [2.24, 2.45) is 10.9 Å². The summed E-state index contributed by atoms with van der Waals surface area (Å²) in [6.45, 7) is 0. The number of alkyl halides is 5. The van der Waals surface area contributed by atoms with Gasteiger partial charge in [0.05, 0.1) is 12.8 Å². The van der Waals surface area contributed by atoms with Crippen LogP contribution in [0.2, 0.25) is 0 Å². The average Bonchev–Trinajstić information content (AvgIpc) is 3.91. The Hall–Kier alpha value is -4.82. The molecule has 0 bridgehead atoms. The first kappa shape index (κ1) is 35.0. The number of carbonyl (C=O) groups is 1. The van der Waals surface area contributed by atoms with Gasteiger partial charge >= 0.3 is 12.3 Å². The molecule has 0 spiro atoms. The molecule has 50 heavy (non-hydrogen) atoms. The highest BCUT2D eigenvalue weighted by molar-refractivity contribution is 6.35. The Morgan fingerprint density at radius 2 is 1.70 bits per heavy atom. The Morgan fingerprint density at radius 1 is 1.00 bits per heavy atom. The summed E-state index contributed by atoms with van der Waals surface area (Å²) < 4.78 is 114. The number of hydrogen-bond acceptors (Lipinski definition) is 6. The summed E-state index contributed by atoms with van der Waals surface area (Å²) in [6, 6.07) is 14.7. The van der Waals surface area contributed by atoms with E-state index in [1.165, 1.54) is 49.6 Å². The normalized spacial score (nSPS) is 25.1. The topological polar surface area (TPSA) is 92.2 Å². The Balaban J connectivity index is 1.57. The van der Waals surface area contributed by atoms with E-state index in [0.717, 1.165) is 24.4 Å². The van der Waals surface area contributed by atoms with Gasteiger partial charge in [-0.3, -0.25) is 0 Å². The van der Waals surface area contributed by atoms with Crippen molar-refractivity contribution in [1.82, 2.24) is 5.32 Å². The van der Waals surface area contributed by atoms with E-state index in [2.05, 4.69) is 20.4 Å². The van der Waals surface area contributed by atoms with Crippen LogP contribution < -0.4 is 15.4 Å². The minimum absolute atomic E-state index is 0.143. The van der Waals surface area contributed by atoms with E-state index >= 15 is 13.2 Å². The molecule has 0 radical (unpaired) electrons. The van der Waals surface area contributed by atoms with Gasteiger partial charge in [-0.2, -0.15) is 0 Å². The van der Waals surface area contributed by atoms with Crippen LogP contribution >= 0.6 is 11.6 Å². The van der Waals surface area contributed by atoms with E-state index in [-0.39, 0.29) is 33.9 Å². The quantitative estimate of drug-likeness (QED) is 0.110. The summed E-state index contributed by atoms with van der Waals surface area (Å²) in [5.74, 6) is -12.7. The second kappa shape index (κ2) is 12.8. The van der Waals surface area contributed by atoms with Crippen LogP contribution in [0.4, 0.5) is 36.4 Å². The Bertz CT molecular complexity index is 1960. The Kier molecular flexibility index (Phi) is 8.97. The number of dihydropyridines is 1. The molecule has 1 aliphatic heterocycles. The second-order valence-electron chi connectivity index (χ2n) is 11.9. The maximum absolute atomic E-state index is 16.8. The van der Waals surface area contributed by atoms with Crippen LogP contribution in [0, 0.1) is 17.6 Å². The van der Waals surface area contributed by atoms with Gasteiger partial charge in [0, 0.05) is 24.3 Å². The predicted molar refractivity (Wildman–Crippen MR) is 172 cm³/mol. The van der Waals surface area contributed by atoms with E-state index in [0.29, 0.717) is 18.9 Å². The maximum atomic E-state index is 16.8. The first-order valence-electron chi connectivity index (χ1n) is 15.1. The molecule has 1 heterocycles. The van der Waals surface area contributed by atoms with Crippen molar-refractivity contribution in [2.45, 2.75) is 42.1 Å². The molecule has 262 valence electrons. The summed E-state index contributed by atoms with van der Waals surface area (Å²) in [5.41, 5.74) is -3.12. The van der Waals surface area contributed by atoms with E-state index in [4.69, 9.17) is 16.3 Å². The molecule has 3 unspecified atom stereocenters. The van der Waals surface area contributed by atoms with Crippen molar-refractivity contribution < 1.29 is 50.1 Å². The Labute approximate surface area is 285 Å². The number of halogens is 8. The fourth-order valence-electron chi connectivity index (χ4n) is 5.95. The van der Waals surface area contributed by atoms with Crippen LogP contribution in [0.5, 0.6) is 5.75 Å². The van der Waals surface area contributed by atoms with Gasteiger partial charge in [-0.1, -0.05) is 42.5 Å². The van der Waals surface area contributed by atoms with Crippen LogP contribution in [0.15, 0.2) is 101 Å². The van der Waals surface area contributed by atoms with Gasteiger partial charge in [0.1, 0.15) is 39.4 Å². The molecular formula is C35H27ClF7N3O4. The van der Waals surface area contributed by atoms with Gasteiger partial charge in [-0.25, -0.2) is 32.1 Å². The van der Waals surface area contributed by atoms with Gasteiger partial charge in [0.15, 0.2) is 0 Å². The van der Waals surface area contributed by atoms with Crippen LogP contribution in [-0.4, -0.2) is 47.3 Å². The fraction of sp³-hybridized carbons (Fsp3) is 0.257. The highest BCUT2D eigenvalue weighted by atomic mass is 35.5. The number of aliphatic carboxylic acids is 1. The third-order valence-electron chi connectivity index (χ3n) is 8.45. The molecule has 1 fully saturated rings. The SMILES string of the molecule is COc1cccc(-c2cc(F)cc(F)c2NC2(NC3=C(F)C=C(c4ccccc4)CC3(F)OC(F)(F)F)N=CC(Cl)(C3CC3)C=C2C(=O)O)c1. The number of nitrogens with zero attached hydrogens (tertiary/aromatic N) is 1. The molecule has 0 aromatic heterocycles. The van der Waals surface area contributed by atoms with Crippen LogP contribution in [-0.2, 0) is 9.53 Å². The number of methoxy groups -OCH3 is 1. The van der Waals surface area contributed by atoms with Crippen molar-refractivity contribution >= 4 is 35.0 Å². The van der Waals surface area contributed by atoms with Crippen molar-refractivity contribution in [3.05, 3.63) is 113 Å². The first-order valence-corrected chi connectivity index (χ1v) is 15.5. The predicted octanol–water partition coefficient (Wildman–Crippen LogP) is 8.65. The molecule has 0 amide bonds. The Morgan fingerprint density at radius 3 is 2.34 bits per heavy atom. The third-order valence-corrected chi connectivity index (χ3v) is 8.96. The summed E-state index contributed by atoms with van der Waals surface area (Å²) in [7, 11) is 1.35. The molecule has 3 atom stereocenters. The number of carboxylic acid groups (broad SMARTS) is 1. The van der Waals surface area contributed by atoms with E-state index in [1.807, 2.05) is 0 Å². The number of anilines is 1. The van der Waals surface area contributed by atoms with Crippen LogP contribution in [0.3, 0.4) is 0 Å². The zero-order valence-corrected chi connectivity index (χ0v) is 26.7. The largest absolute Gasteiger partial charge is 0.525 e. The summed E-state index contributed by atoms with van der Waals surface area (Å²) >= 11 is 6.73. The van der Waals surface area contributed by atoms with Gasteiger partial charge in [0.2, 0.25) is 5.79 Å². The molecule has 2 aliphatic carbocycles. The number of hydrogen-bond donors (Lipinski definition) is 3. The lowest BCUT2D eigenvalue weighted by Gasteiger charge is -2.42. The molecule has 3 aromatic carbocycles. The second-order valence-corrected chi connectivity index (χ2v) is 12.6. The molecule has 6 rings (SSSR count). The van der Waals surface area contributed by atoms with Crippen molar-refractivity contribution in [2.75, 3.05) is 12.4 Å². The minimum Gasteiger partial charge on any atom is -0.497 e. The lowest BCUT2D eigenvalue weighted by molar-refractivity contribution is -0.383. The average molecular weight is 722 g/mol. The summed E-state index contributed by atoms with van der Waals surface area (Å²) in [4.78, 5) is 15.7. The van der Waals surface area contributed by atoms with Crippen LogP contribution in [0.1, 0.15) is 24.8 Å². The standard InChI is InChI=1S/C35H27ClF7N3O4/c1-49-24-9-5-8-20(12-24)25-14-23(37)15-27(38)29(25)45-34(26(31(47)48)17-32(36,18-44-34)22-10-11-22)46-30-28(39)13-21(19-6-3-2-4-7-19)16-33(30,40)50-35(41,42)43/h2-9,12-15,17-18,22,45-46H,10-11,16H2,1H3,(H,47,48). The van der Waals surface area contributed by atoms with E-state index in [1.54, 1.807) is 12.1 Å². The van der Waals surface area contributed by atoms with Crippen LogP contribution in [0.25, 0.3) is 16.7 Å². The smallest absolute Gasteiger partial charge is 0.497 e. The maximum Gasteiger partial charge on any atom is 0.525 e. The van der Waals surface area contributed by atoms with Crippen molar-refractivity contribution in [3.63, 3.8) is 0 Å². The monoisotopic (exact) mass is 721 g/mol. The molecule has 15 heteroatoms. The molecule has 0 saturated heterocycles. The molecule has 1 saturated carbocycles. The number of benzene rings is 3. The highest BCUT2D eigenvalue weighted by Crippen LogP contribution is 2.49. The van der Waals surface area contributed by atoms with Crippen molar-refractivity contribution in [1.29, 1.82) is 0 Å². The third kappa shape index (κ3) is 6.94. The zero-order valence-electron chi connectivity index (χ0n) is 25.9. The number of carboxylic acids is 1. The molecule has 3 N–H and O–H groups in total. The van der Waals surface area contributed by atoms with Gasteiger partial charge in [-0.15, -0.1) is 24.8 Å². The lowest BCUT2D eigenvalue weighted by Crippen LogP contribution is -2.59. The number of allylic oxidation sites excluding steroid dienone is 3. The van der Waals surface area contributed by atoms with Gasteiger partial charge < -0.3 is 20.5 Å². The number of rotatable bonds is 10. The van der Waals surface area contributed by atoms with Gasteiger partial charge in [0.25, 0.3) is 5.85 Å². The zero-order chi connectivity index (χ0) is 36.1. The fourth-order valence-corrected chi connectivity index (χ4v) is 6.33. The molecule has 3 aliphatic rings. The molecular weight excluding hydrogens is 695 g/mol. The van der Waals surface area contributed by atoms with Gasteiger partial charge in [-0.05, 0) is 65.8 Å². The molecule has 7 nitrogen and oxygen atoms in total.